The van der Waals surface area contributed by atoms with Crippen LogP contribution in [-0.4, -0.2) is 24.3 Å². The van der Waals surface area contributed by atoms with Gasteiger partial charge in [-0.1, -0.05) is 19.9 Å². The zero-order valence-electron chi connectivity index (χ0n) is 12.8. The zero-order chi connectivity index (χ0) is 16.0. The maximum atomic E-state index is 12.5. The standard InChI is InChI=1S/C17H15N5O/c1-10(2)11-3-4-13-12(7-11)17(23)21-16(20-13)14-8-19-15-9-18-5-6-22(14)15/h3-10H,1-2H3,(H,20,21,23). The highest BCUT2D eigenvalue weighted by atomic mass is 16.1. The third kappa shape index (κ3) is 2.19. The first-order chi connectivity index (χ1) is 11.1. The van der Waals surface area contributed by atoms with Crippen LogP contribution in [-0.2, 0) is 0 Å². The summed E-state index contributed by atoms with van der Waals surface area (Å²) in [5.41, 5.74) is 3.10. The Balaban J connectivity index is 1.95. The molecule has 114 valence electrons. The lowest BCUT2D eigenvalue weighted by Gasteiger charge is -2.07. The third-order valence-corrected chi connectivity index (χ3v) is 3.96. The van der Waals surface area contributed by atoms with Crippen molar-refractivity contribution in [3.63, 3.8) is 0 Å². The van der Waals surface area contributed by atoms with Crippen LogP contribution in [0, 0.1) is 0 Å². The van der Waals surface area contributed by atoms with Crippen molar-refractivity contribution in [2.24, 2.45) is 0 Å². The number of imidazole rings is 1. The molecule has 0 fully saturated rings. The number of aromatic nitrogens is 5. The Morgan fingerprint density at radius 3 is 2.91 bits per heavy atom. The summed E-state index contributed by atoms with van der Waals surface area (Å²) in [5, 5.41) is 0.607. The normalized spacial score (nSPS) is 11.6. The predicted molar refractivity (Wildman–Crippen MR) is 88.4 cm³/mol. The van der Waals surface area contributed by atoms with Gasteiger partial charge in [-0.15, -0.1) is 0 Å². The van der Waals surface area contributed by atoms with Gasteiger partial charge in [0, 0.05) is 12.4 Å². The average Bonchev–Trinajstić information content (AvgIpc) is 2.98. The number of nitrogens with one attached hydrogen (secondary N) is 1. The van der Waals surface area contributed by atoms with Gasteiger partial charge in [-0.05, 0) is 23.6 Å². The van der Waals surface area contributed by atoms with Gasteiger partial charge in [0.1, 0.15) is 5.69 Å². The zero-order valence-corrected chi connectivity index (χ0v) is 12.8. The van der Waals surface area contributed by atoms with Gasteiger partial charge in [0.25, 0.3) is 5.56 Å². The second kappa shape index (κ2) is 5.01. The molecule has 0 radical (unpaired) electrons. The molecule has 0 amide bonds. The Bertz CT molecular complexity index is 1080. The summed E-state index contributed by atoms with van der Waals surface area (Å²) in [6.07, 6.45) is 6.82. The first-order valence-electron chi connectivity index (χ1n) is 7.45. The molecule has 23 heavy (non-hydrogen) atoms. The van der Waals surface area contributed by atoms with Gasteiger partial charge in [-0.3, -0.25) is 14.2 Å². The topological polar surface area (TPSA) is 75.9 Å². The van der Waals surface area contributed by atoms with Crippen LogP contribution in [0.2, 0.25) is 0 Å². The van der Waals surface area contributed by atoms with Crippen molar-refractivity contribution < 1.29 is 0 Å². The first kappa shape index (κ1) is 13.6. The molecule has 0 saturated heterocycles. The fourth-order valence-electron chi connectivity index (χ4n) is 2.65. The molecule has 0 unspecified atom stereocenters. The average molecular weight is 305 g/mol. The fraction of sp³-hybridized carbons (Fsp3) is 0.176. The van der Waals surface area contributed by atoms with Crippen LogP contribution < -0.4 is 5.56 Å². The number of hydrogen-bond acceptors (Lipinski definition) is 4. The van der Waals surface area contributed by atoms with Crippen LogP contribution >= 0.6 is 0 Å². The Morgan fingerprint density at radius 2 is 2.09 bits per heavy atom. The minimum Gasteiger partial charge on any atom is -0.305 e. The molecule has 0 atom stereocenters. The monoisotopic (exact) mass is 305 g/mol. The number of benzene rings is 1. The second-order valence-electron chi connectivity index (χ2n) is 5.79. The van der Waals surface area contributed by atoms with E-state index in [0.29, 0.717) is 28.3 Å². The molecular weight excluding hydrogens is 290 g/mol. The minimum atomic E-state index is -0.142. The highest BCUT2D eigenvalue weighted by Gasteiger charge is 2.11. The summed E-state index contributed by atoms with van der Waals surface area (Å²) in [7, 11) is 0. The van der Waals surface area contributed by atoms with E-state index >= 15 is 0 Å². The van der Waals surface area contributed by atoms with Crippen molar-refractivity contribution in [3.05, 3.63) is 58.9 Å². The van der Waals surface area contributed by atoms with Crippen LogP contribution in [0.15, 0.2) is 47.8 Å². The highest BCUT2D eigenvalue weighted by molar-refractivity contribution is 5.80. The lowest BCUT2D eigenvalue weighted by molar-refractivity contribution is 0.868. The summed E-state index contributed by atoms with van der Waals surface area (Å²) in [6.45, 7) is 4.20. The van der Waals surface area contributed by atoms with E-state index in [1.807, 2.05) is 22.6 Å². The highest BCUT2D eigenvalue weighted by Crippen LogP contribution is 2.21. The van der Waals surface area contributed by atoms with E-state index in [9.17, 15) is 4.79 Å². The molecule has 0 aliphatic heterocycles. The quantitative estimate of drug-likeness (QED) is 0.618. The van der Waals surface area contributed by atoms with Crippen molar-refractivity contribution in [1.29, 1.82) is 0 Å². The number of hydrogen-bond donors (Lipinski definition) is 1. The number of rotatable bonds is 2. The first-order valence-corrected chi connectivity index (χ1v) is 7.45. The van der Waals surface area contributed by atoms with Crippen LogP contribution in [0.4, 0.5) is 0 Å². The Labute approximate surface area is 131 Å². The second-order valence-corrected chi connectivity index (χ2v) is 5.79. The van der Waals surface area contributed by atoms with E-state index in [1.165, 1.54) is 0 Å². The molecule has 0 spiro atoms. The predicted octanol–water partition coefficient (Wildman–Crippen LogP) is 2.76. The van der Waals surface area contributed by atoms with Gasteiger partial charge in [0.15, 0.2) is 11.5 Å². The maximum absolute atomic E-state index is 12.5. The van der Waals surface area contributed by atoms with E-state index in [0.717, 1.165) is 11.3 Å². The molecule has 4 rings (SSSR count). The van der Waals surface area contributed by atoms with E-state index in [2.05, 4.69) is 33.8 Å². The van der Waals surface area contributed by atoms with Crippen LogP contribution in [0.1, 0.15) is 25.3 Å². The van der Waals surface area contributed by atoms with E-state index in [-0.39, 0.29) is 5.56 Å². The molecule has 0 aliphatic rings. The fourth-order valence-corrected chi connectivity index (χ4v) is 2.65. The molecule has 1 N–H and O–H groups in total. The van der Waals surface area contributed by atoms with Crippen LogP contribution in [0.3, 0.4) is 0 Å². The molecule has 6 heteroatoms. The molecule has 3 aromatic heterocycles. The molecule has 0 aliphatic carbocycles. The smallest absolute Gasteiger partial charge is 0.259 e. The van der Waals surface area contributed by atoms with Gasteiger partial charge in [-0.25, -0.2) is 9.97 Å². The van der Waals surface area contributed by atoms with Crippen LogP contribution in [0.5, 0.6) is 0 Å². The van der Waals surface area contributed by atoms with Crippen molar-refractivity contribution in [2.75, 3.05) is 0 Å². The Hall–Kier alpha value is -3.02. The van der Waals surface area contributed by atoms with Gasteiger partial charge in [-0.2, -0.15) is 0 Å². The number of fused-ring (bicyclic) bond motifs is 2. The van der Waals surface area contributed by atoms with Crippen molar-refractivity contribution in [2.45, 2.75) is 19.8 Å². The van der Waals surface area contributed by atoms with Crippen molar-refractivity contribution in [3.8, 4) is 11.5 Å². The third-order valence-electron chi connectivity index (χ3n) is 3.96. The molecule has 6 nitrogen and oxygen atoms in total. The maximum Gasteiger partial charge on any atom is 0.259 e. The lowest BCUT2D eigenvalue weighted by atomic mass is 10.0. The summed E-state index contributed by atoms with van der Waals surface area (Å²) in [4.78, 5) is 28.2. The largest absolute Gasteiger partial charge is 0.305 e. The molecular formula is C17H15N5O. The number of aromatic amines is 1. The molecule has 0 bridgehead atoms. The van der Waals surface area contributed by atoms with Gasteiger partial charge >= 0.3 is 0 Å². The SMILES string of the molecule is CC(C)c1ccc2nc(-c3cnc4cnccn34)[nH]c(=O)c2c1. The van der Waals surface area contributed by atoms with Gasteiger partial charge in [0.05, 0.1) is 23.3 Å². The number of H-pyrrole nitrogens is 1. The van der Waals surface area contributed by atoms with E-state index in [4.69, 9.17) is 0 Å². The van der Waals surface area contributed by atoms with Crippen molar-refractivity contribution in [1.82, 2.24) is 24.3 Å². The van der Waals surface area contributed by atoms with Crippen molar-refractivity contribution >= 4 is 16.6 Å². The summed E-state index contributed by atoms with van der Waals surface area (Å²) >= 11 is 0. The van der Waals surface area contributed by atoms with Gasteiger partial charge in [0.2, 0.25) is 0 Å². The van der Waals surface area contributed by atoms with Crippen LogP contribution in [0.25, 0.3) is 28.1 Å². The summed E-state index contributed by atoms with van der Waals surface area (Å²) in [5.74, 6) is 0.864. The van der Waals surface area contributed by atoms with E-state index < -0.39 is 0 Å². The Morgan fingerprint density at radius 1 is 1.22 bits per heavy atom. The van der Waals surface area contributed by atoms with E-state index in [1.54, 1.807) is 24.8 Å². The lowest BCUT2D eigenvalue weighted by Crippen LogP contribution is -2.10. The summed E-state index contributed by atoms with van der Waals surface area (Å²) in [6, 6.07) is 5.82. The summed E-state index contributed by atoms with van der Waals surface area (Å²) < 4.78 is 1.85. The molecule has 4 aromatic rings. The molecule has 1 aromatic carbocycles. The number of nitrogens with zero attached hydrogens (tertiary/aromatic N) is 4. The minimum absolute atomic E-state index is 0.142. The van der Waals surface area contributed by atoms with Gasteiger partial charge < -0.3 is 4.98 Å². The molecule has 0 saturated carbocycles. The molecule has 3 heterocycles. The Kier molecular flexibility index (Phi) is 2.97.